The van der Waals surface area contributed by atoms with E-state index in [9.17, 15) is 19.2 Å². The summed E-state index contributed by atoms with van der Waals surface area (Å²) >= 11 is 0. The van der Waals surface area contributed by atoms with Crippen LogP contribution < -0.4 is 5.56 Å². The van der Waals surface area contributed by atoms with Crippen molar-refractivity contribution in [2.75, 3.05) is 33.2 Å². The second kappa shape index (κ2) is 8.86. The van der Waals surface area contributed by atoms with E-state index in [1.54, 1.807) is 4.90 Å². The van der Waals surface area contributed by atoms with Crippen LogP contribution in [0.15, 0.2) is 17.2 Å². The number of nitrogens with one attached hydrogen (secondary N) is 1. The van der Waals surface area contributed by atoms with Gasteiger partial charge < -0.3 is 19.9 Å². The van der Waals surface area contributed by atoms with E-state index < -0.39 is 5.97 Å². The molecule has 29 heavy (non-hydrogen) atoms. The molecule has 3 aliphatic rings. The molecule has 3 fully saturated rings. The van der Waals surface area contributed by atoms with E-state index in [-0.39, 0.29) is 22.6 Å². The molecule has 0 aromatic carbocycles. The molecule has 2 N–H and O–H groups in total. The fraction of sp³-hybridized carbons (Fsp3) is 0.650. The van der Waals surface area contributed by atoms with E-state index in [4.69, 9.17) is 5.11 Å². The number of aromatic amines is 1. The van der Waals surface area contributed by atoms with Crippen molar-refractivity contribution in [1.29, 1.82) is 0 Å². The summed E-state index contributed by atoms with van der Waals surface area (Å²) in [6, 6.07) is 0. The molecule has 1 amide bonds. The van der Waals surface area contributed by atoms with Crippen molar-refractivity contribution < 1.29 is 19.5 Å². The predicted molar refractivity (Wildman–Crippen MR) is 107 cm³/mol. The number of aldehydes is 1. The first-order chi connectivity index (χ1) is 13.5. The number of carbonyl (C=O) groups excluding carboxylic acids is 2. The van der Waals surface area contributed by atoms with Gasteiger partial charge >= 0.3 is 5.97 Å². The number of rotatable bonds is 3. The fourth-order valence-electron chi connectivity index (χ4n) is 3.86. The third-order valence-electron chi connectivity index (χ3n) is 6.12. The number of aromatic nitrogens is 2. The number of carboxylic acids is 1. The van der Waals surface area contributed by atoms with Gasteiger partial charge in [-0.2, -0.15) is 0 Å². The van der Waals surface area contributed by atoms with Crippen molar-refractivity contribution in [1.82, 2.24) is 19.8 Å². The number of likely N-dealkylation sites (tertiary alicyclic amines) is 2. The molecule has 1 saturated carbocycles. The maximum atomic E-state index is 11.0. The molecule has 0 bridgehead atoms. The Hall–Kier alpha value is -2.55. The van der Waals surface area contributed by atoms with Crippen LogP contribution in [-0.2, 0) is 9.59 Å². The van der Waals surface area contributed by atoms with Crippen molar-refractivity contribution >= 4 is 18.7 Å². The van der Waals surface area contributed by atoms with Crippen molar-refractivity contribution in [3.05, 3.63) is 28.4 Å². The van der Waals surface area contributed by atoms with Crippen LogP contribution in [0.2, 0.25) is 0 Å². The normalized spacial score (nSPS) is 25.6. The number of amides is 1. The third kappa shape index (κ3) is 5.72. The minimum Gasteiger partial charge on any atom is -0.481 e. The molecule has 4 rings (SSSR count). The standard InChI is InChI=1S/C9H14N2O3.C6H12.C5H4N2O2/c1-10-2-7(8(13)14)9(3-10)4-11(5-9)6-12;1-5-4-6(5,2)3;8-3-4-1-7-5(9)2-6-4/h6-7H,2-5H2,1H3,(H,13,14);5H,4H2,1-3H3;1-3H,(H,7,9)/t7-;;/m0../s1. The highest BCUT2D eigenvalue weighted by Crippen LogP contribution is 2.50. The van der Waals surface area contributed by atoms with Gasteiger partial charge in [0.2, 0.25) is 6.41 Å². The highest BCUT2D eigenvalue weighted by atomic mass is 16.4. The summed E-state index contributed by atoms with van der Waals surface area (Å²) in [6.45, 7) is 9.52. The highest BCUT2D eigenvalue weighted by Gasteiger charge is 2.56. The molecule has 1 aromatic heterocycles. The highest BCUT2D eigenvalue weighted by molar-refractivity contribution is 5.73. The van der Waals surface area contributed by atoms with Gasteiger partial charge in [0.1, 0.15) is 5.69 Å². The Morgan fingerprint density at radius 1 is 1.31 bits per heavy atom. The lowest BCUT2D eigenvalue weighted by molar-refractivity contribution is -0.152. The van der Waals surface area contributed by atoms with Gasteiger partial charge in [-0.3, -0.25) is 19.2 Å². The summed E-state index contributed by atoms with van der Waals surface area (Å²) in [6.07, 6.45) is 5.12. The van der Waals surface area contributed by atoms with Crippen molar-refractivity contribution in [2.45, 2.75) is 27.2 Å². The number of hydrogen-bond donors (Lipinski definition) is 2. The quantitative estimate of drug-likeness (QED) is 0.709. The lowest BCUT2D eigenvalue weighted by Crippen LogP contribution is -2.60. The second-order valence-electron chi connectivity index (χ2n) is 9.01. The van der Waals surface area contributed by atoms with Gasteiger partial charge in [0.25, 0.3) is 5.56 Å². The van der Waals surface area contributed by atoms with Gasteiger partial charge in [0, 0.05) is 37.8 Å². The Balaban J connectivity index is 0.000000171. The molecule has 1 aromatic rings. The maximum Gasteiger partial charge on any atom is 0.308 e. The molecule has 0 radical (unpaired) electrons. The smallest absolute Gasteiger partial charge is 0.308 e. The number of hydrogen-bond acceptors (Lipinski definition) is 6. The molecule has 1 spiro atoms. The Bertz CT molecular complexity index is 780. The molecule has 9 heteroatoms. The lowest BCUT2D eigenvalue weighted by atomic mass is 9.72. The van der Waals surface area contributed by atoms with Gasteiger partial charge in [-0.15, -0.1) is 0 Å². The van der Waals surface area contributed by atoms with E-state index in [0.29, 0.717) is 31.3 Å². The molecular formula is C20H30N4O5. The summed E-state index contributed by atoms with van der Waals surface area (Å²) < 4.78 is 0. The SMILES string of the molecule is CC1CC1(C)C.CN1C[C@@H](C(=O)O)C2(C1)CN(C=O)C2.O=Cc1c[nH]c(=O)cn1. The number of nitrogens with zero attached hydrogens (tertiary/aromatic N) is 3. The Morgan fingerprint density at radius 3 is 2.28 bits per heavy atom. The predicted octanol–water partition coefficient (Wildman–Crippen LogP) is 0.726. The van der Waals surface area contributed by atoms with Crippen molar-refractivity contribution in [3.63, 3.8) is 0 Å². The summed E-state index contributed by atoms with van der Waals surface area (Å²) in [5, 5.41) is 9.06. The topological polar surface area (TPSA) is 124 Å². The van der Waals surface area contributed by atoms with E-state index >= 15 is 0 Å². The van der Waals surface area contributed by atoms with E-state index in [0.717, 1.165) is 25.1 Å². The zero-order valence-electron chi connectivity index (χ0n) is 17.4. The van der Waals surface area contributed by atoms with Crippen LogP contribution in [0.3, 0.4) is 0 Å². The van der Waals surface area contributed by atoms with Gasteiger partial charge in [0.05, 0.1) is 12.1 Å². The minimum absolute atomic E-state index is 0.179. The van der Waals surface area contributed by atoms with Gasteiger partial charge in [0.15, 0.2) is 6.29 Å². The van der Waals surface area contributed by atoms with Crippen LogP contribution in [0.1, 0.15) is 37.7 Å². The molecule has 160 valence electrons. The first-order valence-corrected chi connectivity index (χ1v) is 9.63. The lowest BCUT2D eigenvalue weighted by Gasteiger charge is -2.48. The zero-order valence-corrected chi connectivity index (χ0v) is 17.4. The Morgan fingerprint density at radius 2 is 1.90 bits per heavy atom. The average molecular weight is 406 g/mol. The maximum absolute atomic E-state index is 11.0. The molecule has 3 heterocycles. The number of H-pyrrole nitrogens is 1. The zero-order chi connectivity index (χ0) is 21.8. The monoisotopic (exact) mass is 406 g/mol. The molecule has 2 aliphatic heterocycles. The Labute approximate surface area is 170 Å². The number of aliphatic carboxylic acids is 1. The van der Waals surface area contributed by atoms with Gasteiger partial charge in [-0.05, 0) is 24.8 Å². The fourth-order valence-corrected chi connectivity index (χ4v) is 3.86. The van der Waals surface area contributed by atoms with Crippen molar-refractivity contribution in [2.24, 2.45) is 22.7 Å². The van der Waals surface area contributed by atoms with Crippen LogP contribution in [0, 0.1) is 22.7 Å². The molecule has 1 unspecified atom stereocenters. The van der Waals surface area contributed by atoms with Crippen LogP contribution in [0.4, 0.5) is 0 Å². The number of carboxylic acid groups (broad SMARTS) is 1. The van der Waals surface area contributed by atoms with Crippen LogP contribution in [0.25, 0.3) is 0 Å². The first-order valence-electron chi connectivity index (χ1n) is 9.63. The summed E-state index contributed by atoms with van der Waals surface area (Å²) in [4.78, 5) is 51.2. The van der Waals surface area contributed by atoms with E-state index in [2.05, 4.69) is 30.7 Å². The van der Waals surface area contributed by atoms with E-state index in [1.807, 2.05) is 11.9 Å². The van der Waals surface area contributed by atoms with E-state index in [1.165, 1.54) is 12.6 Å². The average Bonchev–Trinajstić information content (AvgIpc) is 3.02. The largest absolute Gasteiger partial charge is 0.481 e. The van der Waals surface area contributed by atoms with Crippen LogP contribution in [-0.4, -0.2) is 76.8 Å². The molecule has 2 saturated heterocycles. The molecule has 9 nitrogen and oxygen atoms in total. The molecular weight excluding hydrogens is 376 g/mol. The number of carbonyl (C=O) groups is 3. The first kappa shape index (κ1) is 22.7. The Kier molecular flexibility index (Phi) is 6.94. The third-order valence-corrected chi connectivity index (χ3v) is 6.12. The van der Waals surface area contributed by atoms with Crippen LogP contribution >= 0.6 is 0 Å². The van der Waals surface area contributed by atoms with Crippen molar-refractivity contribution in [3.8, 4) is 0 Å². The van der Waals surface area contributed by atoms with Gasteiger partial charge in [-0.25, -0.2) is 4.98 Å². The van der Waals surface area contributed by atoms with Crippen LogP contribution in [0.5, 0.6) is 0 Å². The molecule has 2 atom stereocenters. The second-order valence-corrected chi connectivity index (χ2v) is 9.01. The minimum atomic E-state index is -0.736. The summed E-state index contributed by atoms with van der Waals surface area (Å²) in [5.74, 6) is -0.0545. The van der Waals surface area contributed by atoms with Gasteiger partial charge in [-0.1, -0.05) is 20.8 Å². The molecule has 1 aliphatic carbocycles. The summed E-state index contributed by atoms with van der Waals surface area (Å²) in [7, 11) is 1.92. The summed E-state index contributed by atoms with van der Waals surface area (Å²) in [5.41, 5.74) is 0.455.